The Morgan fingerprint density at radius 1 is 1.20 bits per heavy atom. The molecule has 1 N–H and O–H groups in total. The van der Waals surface area contributed by atoms with E-state index in [1.807, 2.05) is 0 Å². The van der Waals surface area contributed by atoms with Crippen LogP contribution in [0.4, 0.5) is 0 Å². The van der Waals surface area contributed by atoms with Crippen LogP contribution < -0.4 is 5.32 Å². The van der Waals surface area contributed by atoms with Crippen LogP contribution in [0.2, 0.25) is 0 Å². The third-order valence-electron chi connectivity index (χ3n) is 5.17. The van der Waals surface area contributed by atoms with Gasteiger partial charge in [-0.15, -0.1) is 0 Å². The highest BCUT2D eigenvalue weighted by atomic mass is 16.5. The smallest absolute Gasteiger partial charge is 0.0593 e. The molecule has 0 aromatic rings. The molecule has 3 nitrogen and oxygen atoms in total. The van der Waals surface area contributed by atoms with Crippen LogP contribution in [0, 0.1) is 0 Å². The van der Waals surface area contributed by atoms with E-state index in [0.29, 0.717) is 11.6 Å². The Morgan fingerprint density at radius 3 is 2.75 bits per heavy atom. The lowest BCUT2D eigenvalue weighted by molar-refractivity contribution is 0.0724. The molecule has 1 saturated carbocycles. The van der Waals surface area contributed by atoms with Gasteiger partial charge in [0.25, 0.3) is 0 Å². The molecule has 1 atom stereocenters. The first-order valence-corrected chi connectivity index (χ1v) is 8.82. The molecule has 0 aromatic carbocycles. The van der Waals surface area contributed by atoms with E-state index in [2.05, 4.69) is 24.1 Å². The second-order valence-corrected chi connectivity index (χ2v) is 6.84. The number of hydrogen-bond donors (Lipinski definition) is 1. The molecule has 2 aliphatic rings. The predicted octanol–water partition coefficient (Wildman–Crippen LogP) is 3.19. The summed E-state index contributed by atoms with van der Waals surface area (Å²) in [6.45, 7) is 9.96. The minimum absolute atomic E-state index is 0.409. The summed E-state index contributed by atoms with van der Waals surface area (Å²) in [7, 11) is 0. The number of nitrogens with one attached hydrogen (secondary N) is 1. The van der Waals surface area contributed by atoms with Crippen molar-refractivity contribution < 1.29 is 4.74 Å². The average Bonchev–Trinajstić information content (AvgIpc) is 2.60. The van der Waals surface area contributed by atoms with E-state index >= 15 is 0 Å². The van der Waals surface area contributed by atoms with Crippen molar-refractivity contribution in [3.63, 3.8) is 0 Å². The molecule has 1 heterocycles. The molecule has 0 amide bonds. The van der Waals surface area contributed by atoms with Crippen LogP contribution in [0.15, 0.2) is 0 Å². The highest BCUT2D eigenvalue weighted by Gasteiger charge is 2.36. The summed E-state index contributed by atoms with van der Waals surface area (Å²) in [5.74, 6) is 0. The summed E-state index contributed by atoms with van der Waals surface area (Å²) in [5.41, 5.74) is 0.409. The maximum absolute atomic E-state index is 5.78. The molecular formula is C17H34N2O. The standard InChI is InChI=1S/C17H34N2O/c1-3-4-13-20-14-12-19-15-17(9-6-5-7-10-17)18-11-8-16(19)2/h16,18H,3-15H2,1-2H3. The lowest BCUT2D eigenvalue weighted by atomic mass is 9.81. The number of unbranched alkanes of at least 4 members (excludes halogenated alkanes) is 1. The van der Waals surface area contributed by atoms with Gasteiger partial charge in [-0.1, -0.05) is 32.6 Å². The Hall–Kier alpha value is -0.120. The summed E-state index contributed by atoms with van der Waals surface area (Å²) < 4.78 is 5.78. The average molecular weight is 282 g/mol. The van der Waals surface area contributed by atoms with Crippen LogP contribution in [-0.4, -0.2) is 49.3 Å². The van der Waals surface area contributed by atoms with E-state index < -0.39 is 0 Å². The van der Waals surface area contributed by atoms with Crippen molar-refractivity contribution in [3.8, 4) is 0 Å². The van der Waals surface area contributed by atoms with Crippen molar-refractivity contribution in [3.05, 3.63) is 0 Å². The normalized spacial score (nSPS) is 27.6. The molecule has 2 fully saturated rings. The zero-order valence-corrected chi connectivity index (χ0v) is 13.6. The number of rotatable bonds is 6. The monoisotopic (exact) mass is 282 g/mol. The van der Waals surface area contributed by atoms with Crippen LogP contribution in [0.25, 0.3) is 0 Å². The van der Waals surface area contributed by atoms with Crippen LogP contribution >= 0.6 is 0 Å². The van der Waals surface area contributed by atoms with Gasteiger partial charge in [-0.25, -0.2) is 0 Å². The first kappa shape index (κ1) is 16.3. The topological polar surface area (TPSA) is 24.5 Å². The van der Waals surface area contributed by atoms with Crippen LogP contribution in [0.3, 0.4) is 0 Å². The second-order valence-electron chi connectivity index (χ2n) is 6.84. The van der Waals surface area contributed by atoms with Crippen molar-refractivity contribution in [2.75, 3.05) is 32.8 Å². The quantitative estimate of drug-likeness (QED) is 0.757. The first-order chi connectivity index (χ1) is 9.76. The molecule has 1 aliphatic heterocycles. The zero-order chi connectivity index (χ0) is 14.3. The van der Waals surface area contributed by atoms with Gasteiger partial charge in [0.05, 0.1) is 6.61 Å². The molecule has 0 bridgehead atoms. The Balaban J connectivity index is 1.81. The Labute approximate surface area is 125 Å². The minimum Gasteiger partial charge on any atom is -0.380 e. The predicted molar refractivity (Wildman–Crippen MR) is 85.2 cm³/mol. The van der Waals surface area contributed by atoms with Gasteiger partial charge in [-0.05, 0) is 39.2 Å². The summed E-state index contributed by atoms with van der Waals surface area (Å²) in [6.07, 6.45) is 10.7. The Morgan fingerprint density at radius 2 is 2.00 bits per heavy atom. The first-order valence-electron chi connectivity index (χ1n) is 8.82. The van der Waals surface area contributed by atoms with E-state index in [4.69, 9.17) is 4.74 Å². The SMILES string of the molecule is CCCCOCCN1CC2(CCCCC2)NCCC1C. The summed E-state index contributed by atoms with van der Waals surface area (Å²) in [4.78, 5) is 2.68. The van der Waals surface area contributed by atoms with E-state index in [0.717, 1.165) is 19.8 Å². The molecule has 1 saturated heterocycles. The molecule has 118 valence electrons. The maximum Gasteiger partial charge on any atom is 0.0593 e. The molecular weight excluding hydrogens is 248 g/mol. The van der Waals surface area contributed by atoms with Gasteiger partial charge >= 0.3 is 0 Å². The van der Waals surface area contributed by atoms with Gasteiger partial charge in [0.2, 0.25) is 0 Å². The molecule has 3 heteroatoms. The highest BCUT2D eigenvalue weighted by molar-refractivity contribution is 4.96. The van der Waals surface area contributed by atoms with E-state index in [-0.39, 0.29) is 0 Å². The second kappa shape index (κ2) is 8.35. The third kappa shape index (κ3) is 4.71. The summed E-state index contributed by atoms with van der Waals surface area (Å²) >= 11 is 0. The molecule has 0 radical (unpaired) electrons. The Bertz CT molecular complexity index is 264. The zero-order valence-electron chi connectivity index (χ0n) is 13.6. The highest BCUT2D eigenvalue weighted by Crippen LogP contribution is 2.31. The van der Waals surface area contributed by atoms with Crippen LogP contribution in [0.1, 0.15) is 65.2 Å². The van der Waals surface area contributed by atoms with Crippen molar-refractivity contribution in [2.24, 2.45) is 0 Å². The van der Waals surface area contributed by atoms with Gasteiger partial charge in [-0.3, -0.25) is 4.90 Å². The molecule has 20 heavy (non-hydrogen) atoms. The van der Waals surface area contributed by atoms with Crippen LogP contribution in [-0.2, 0) is 4.74 Å². The third-order valence-corrected chi connectivity index (χ3v) is 5.17. The minimum atomic E-state index is 0.409. The fourth-order valence-electron chi connectivity index (χ4n) is 3.72. The summed E-state index contributed by atoms with van der Waals surface area (Å²) in [6, 6.07) is 0.693. The van der Waals surface area contributed by atoms with Gasteiger partial charge in [0, 0.05) is 31.3 Å². The van der Waals surface area contributed by atoms with Crippen molar-refractivity contribution in [1.82, 2.24) is 10.2 Å². The van der Waals surface area contributed by atoms with Crippen molar-refractivity contribution in [1.29, 1.82) is 0 Å². The van der Waals surface area contributed by atoms with E-state index in [1.54, 1.807) is 0 Å². The van der Waals surface area contributed by atoms with Gasteiger partial charge in [0.1, 0.15) is 0 Å². The van der Waals surface area contributed by atoms with Crippen molar-refractivity contribution >= 4 is 0 Å². The molecule has 1 unspecified atom stereocenters. The number of nitrogens with zero attached hydrogens (tertiary/aromatic N) is 1. The van der Waals surface area contributed by atoms with Crippen LogP contribution in [0.5, 0.6) is 0 Å². The van der Waals surface area contributed by atoms with Crippen molar-refractivity contribution in [2.45, 2.75) is 76.8 Å². The lowest BCUT2D eigenvalue weighted by Crippen LogP contribution is -2.53. The van der Waals surface area contributed by atoms with Gasteiger partial charge < -0.3 is 10.1 Å². The lowest BCUT2D eigenvalue weighted by Gasteiger charge is -2.41. The largest absolute Gasteiger partial charge is 0.380 e. The van der Waals surface area contributed by atoms with Gasteiger partial charge in [-0.2, -0.15) is 0 Å². The fourth-order valence-corrected chi connectivity index (χ4v) is 3.72. The number of ether oxygens (including phenoxy) is 1. The molecule has 2 rings (SSSR count). The molecule has 1 spiro atoms. The fraction of sp³-hybridized carbons (Fsp3) is 1.00. The van der Waals surface area contributed by atoms with Gasteiger partial charge in [0.15, 0.2) is 0 Å². The maximum atomic E-state index is 5.78. The van der Waals surface area contributed by atoms with E-state index in [9.17, 15) is 0 Å². The summed E-state index contributed by atoms with van der Waals surface area (Å²) in [5, 5.41) is 3.89. The Kier molecular flexibility index (Phi) is 6.79. The molecule has 1 aliphatic carbocycles. The number of hydrogen-bond acceptors (Lipinski definition) is 3. The van der Waals surface area contributed by atoms with E-state index in [1.165, 1.54) is 64.5 Å². The molecule has 0 aromatic heterocycles.